The molecule has 1 saturated heterocycles. The van der Waals surface area contributed by atoms with Crippen LogP contribution < -0.4 is 10.6 Å². The number of hydrogen-bond acceptors (Lipinski definition) is 4. The molecule has 0 atom stereocenters. The monoisotopic (exact) mass is 408 g/mol. The quantitative estimate of drug-likeness (QED) is 0.773. The van der Waals surface area contributed by atoms with Crippen LogP contribution in [0.4, 0.5) is 11.5 Å². The standard InChI is InChI=1S/C16H18Cl2N4.2ClH/c17-13-9-15(18)16(20-10-13)22-6-4-21(5-7-22)11-12-2-1-3-14(19)8-12;;/h1-3,8-10H,4-7,11,19H2;2*1H. The van der Waals surface area contributed by atoms with Crippen molar-refractivity contribution in [3.63, 3.8) is 0 Å². The summed E-state index contributed by atoms with van der Waals surface area (Å²) in [5.74, 6) is 0.815. The van der Waals surface area contributed by atoms with E-state index >= 15 is 0 Å². The molecule has 0 aliphatic carbocycles. The van der Waals surface area contributed by atoms with Gasteiger partial charge in [-0.3, -0.25) is 4.90 Å². The van der Waals surface area contributed by atoms with Gasteiger partial charge in [-0.2, -0.15) is 0 Å². The predicted octanol–water partition coefficient (Wildman–Crippen LogP) is 4.14. The molecule has 1 aromatic heterocycles. The lowest BCUT2D eigenvalue weighted by atomic mass is 10.2. The van der Waals surface area contributed by atoms with E-state index in [1.807, 2.05) is 18.2 Å². The lowest BCUT2D eigenvalue weighted by Crippen LogP contribution is -2.46. The van der Waals surface area contributed by atoms with Gasteiger partial charge in [-0.05, 0) is 23.8 Å². The van der Waals surface area contributed by atoms with Crippen LogP contribution in [0.3, 0.4) is 0 Å². The minimum Gasteiger partial charge on any atom is -0.399 e. The van der Waals surface area contributed by atoms with Gasteiger partial charge in [0.2, 0.25) is 0 Å². The van der Waals surface area contributed by atoms with Crippen molar-refractivity contribution in [1.29, 1.82) is 0 Å². The van der Waals surface area contributed by atoms with Gasteiger partial charge in [0.1, 0.15) is 5.82 Å². The second-order valence-electron chi connectivity index (χ2n) is 5.47. The van der Waals surface area contributed by atoms with E-state index < -0.39 is 0 Å². The number of pyridine rings is 1. The van der Waals surface area contributed by atoms with Crippen LogP contribution >= 0.6 is 48.0 Å². The SMILES string of the molecule is Cl.Cl.Nc1cccc(CN2CCN(c3ncc(Cl)cc3Cl)CC2)c1. The highest BCUT2D eigenvalue weighted by Crippen LogP contribution is 2.27. The minimum atomic E-state index is 0. The highest BCUT2D eigenvalue weighted by molar-refractivity contribution is 6.36. The Hall–Kier alpha value is -0.910. The molecule has 1 aliphatic rings. The molecule has 1 aromatic carbocycles. The van der Waals surface area contributed by atoms with Gasteiger partial charge in [0.15, 0.2) is 0 Å². The molecule has 2 N–H and O–H groups in total. The van der Waals surface area contributed by atoms with Crippen LogP contribution in [0.2, 0.25) is 10.0 Å². The van der Waals surface area contributed by atoms with Crippen molar-refractivity contribution in [2.45, 2.75) is 6.54 Å². The fraction of sp³-hybridized carbons (Fsp3) is 0.312. The number of benzene rings is 1. The molecule has 1 fully saturated rings. The highest BCUT2D eigenvalue weighted by Gasteiger charge is 2.20. The lowest BCUT2D eigenvalue weighted by Gasteiger charge is -2.35. The third-order valence-electron chi connectivity index (χ3n) is 3.82. The summed E-state index contributed by atoms with van der Waals surface area (Å²) in [7, 11) is 0. The van der Waals surface area contributed by atoms with Crippen molar-refractivity contribution >= 4 is 59.5 Å². The number of anilines is 2. The summed E-state index contributed by atoms with van der Waals surface area (Å²) in [6.45, 7) is 4.65. The smallest absolute Gasteiger partial charge is 0.147 e. The Bertz CT molecular complexity index is 660. The van der Waals surface area contributed by atoms with Crippen LogP contribution in [0.15, 0.2) is 36.5 Å². The number of nitrogen functional groups attached to an aromatic ring is 1. The van der Waals surface area contributed by atoms with Crippen LogP contribution in [0.5, 0.6) is 0 Å². The molecular weight excluding hydrogens is 390 g/mol. The third kappa shape index (κ3) is 5.30. The first kappa shape index (κ1) is 21.1. The van der Waals surface area contributed by atoms with Gasteiger partial charge in [0.05, 0.1) is 10.0 Å². The summed E-state index contributed by atoms with van der Waals surface area (Å²) in [5, 5.41) is 1.17. The largest absolute Gasteiger partial charge is 0.399 e. The second kappa shape index (κ2) is 9.54. The highest BCUT2D eigenvalue weighted by atomic mass is 35.5. The van der Waals surface area contributed by atoms with Gasteiger partial charge in [0, 0.05) is 44.6 Å². The fourth-order valence-corrected chi connectivity index (χ4v) is 3.21. The molecule has 0 radical (unpaired) electrons. The summed E-state index contributed by atoms with van der Waals surface area (Å²) >= 11 is 12.1. The second-order valence-corrected chi connectivity index (χ2v) is 6.31. The van der Waals surface area contributed by atoms with Crippen molar-refractivity contribution < 1.29 is 0 Å². The number of hydrogen-bond donors (Lipinski definition) is 1. The average Bonchev–Trinajstić information content (AvgIpc) is 2.48. The van der Waals surface area contributed by atoms with E-state index in [0.29, 0.717) is 10.0 Å². The average molecular weight is 410 g/mol. The van der Waals surface area contributed by atoms with E-state index in [-0.39, 0.29) is 24.8 Å². The van der Waals surface area contributed by atoms with Gasteiger partial charge in [0.25, 0.3) is 0 Å². The van der Waals surface area contributed by atoms with Crippen molar-refractivity contribution in [2.75, 3.05) is 36.8 Å². The molecule has 0 unspecified atom stereocenters. The van der Waals surface area contributed by atoms with Gasteiger partial charge in [-0.1, -0.05) is 35.3 Å². The minimum absolute atomic E-state index is 0. The number of aromatic nitrogens is 1. The zero-order chi connectivity index (χ0) is 15.5. The zero-order valence-electron chi connectivity index (χ0n) is 13.0. The van der Waals surface area contributed by atoms with Crippen LogP contribution in [-0.2, 0) is 6.54 Å². The molecule has 0 spiro atoms. The molecule has 1 aliphatic heterocycles. The molecule has 4 nitrogen and oxygen atoms in total. The molecule has 2 aromatic rings. The molecular formula is C16H20Cl4N4. The molecule has 0 saturated carbocycles. The number of nitrogens with zero attached hydrogens (tertiary/aromatic N) is 3. The summed E-state index contributed by atoms with van der Waals surface area (Å²) in [5.41, 5.74) is 7.89. The normalized spacial score (nSPS) is 14.7. The first-order valence-electron chi connectivity index (χ1n) is 7.24. The molecule has 0 bridgehead atoms. The Morgan fingerprint density at radius 2 is 1.75 bits per heavy atom. The van der Waals surface area contributed by atoms with Crippen molar-refractivity contribution in [2.24, 2.45) is 0 Å². The van der Waals surface area contributed by atoms with Crippen LogP contribution in [0.25, 0.3) is 0 Å². The Morgan fingerprint density at radius 1 is 1.04 bits per heavy atom. The Balaban J connectivity index is 0.00000144. The first-order valence-corrected chi connectivity index (χ1v) is 8.00. The van der Waals surface area contributed by atoms with E-state index in [4.69, 9.17) is 28.9 Å². The van der Waals surface area contributed by atoms with Crippen molar-refractivity contribution in [3.05, 3.63) is 52.1 Å². The number of nitrogens with two attached hydrogens (primary N) is 1. The molecule has 3 rings (SSSR count). The van der Waals surface area contributed by atoms with E-state index in [2.05, 4.69) is 20.9 Å². The van der Waals surface area contributed by atoms with E-state index in [1.165, 1.54) is 5.56 Å². The maximum absolute atomic E-state index is 6.23. The van der Waals surface area contributed by atoms with Gasteiger partial charge in [-0.25, -0.2) is 4.98 Å². The van der Waals surface area contributed by atoms with E-state index in [0.717, 1.165) is 44.2 Å². The molecule has 8 heteroatoms. The lowest BCUT2D eigenvalue weighted by molar-refractivity contribution is 0.249. The predicted molar refractivity (Wildman–Crippen MR) is 107 cm³/mol. The van der Waals surface area contributed by atoms with Crippen LogP contribution in [0, 0.1) is 0 Å². The van der Waals surface area contributed by atoms with E-state index in [1.54, 1.807) is 12.3 Å². The molecule has 24 heavy (non-hydrogen) atoms. The van der Waals surface area contributed by atoms with Crippen molar-refractivity contribution in [1.82, 2.24) is 9.88 Å². The zero-order valence-corrected chi connectivity index (χ0v) is 16.1. The number of piperazine rings is 1. The maximum Gasteiger partial charge on any atom is 0.147 e. The van der Waals surface area contributed by atoms with Gasteiger partial charge < -0.3 is 10.6 Å². The van der Waals surface area contributed by atoms with E-state index in [9.17, 15) is 0 Å². The van der Waals surface area contributed by atoms with Gasteiger partial charge >= 0.3 is 0 Å². The molecule has 0 amide bonds. The van der Waals surface area contributed by atoms with Crippen LogP contribution in [-0.4, -0.2) is 36.1 Å². The molecule has 2 heterocycles. The summed E-state index contributed by atoms with van der Waals surface area (Å²) in [6.07, 6.45) is 1.64. The number of rotatable bonds is 3. The maximum atomic E-state index is 6.23. The summed E-state index contributed by atoms with van der Waals surface area (Å²) < 4.78 is 0. The summed E-state index contributed by atoms with van der Waals surface area (Å²) in [4.78, 5) is 8.96. The number of halogens is 4. The topological polar surface area (TPSA) is 45.4 Å². The first-order chi connectivity index (χ1) is 10.6. The Labute approximate surface area is 164 Å². The van der Waals surface area contributed by atoms with Crippen molar-refractivity contribution in [3.8, 4) is 0 Å². The van der Waals surface area contributed by atoms with Gasteiger partial charge in [-0.15, -0.1) is 24.8 Å². The Kier molecular flexibility index (Phi) is 8.40. The third-order valence-corrected chi connectivity index (χ3v) is 4.30. The Morgan fingerprint density at radius 3 is 2.38 bits per heavy atom. The summed E-state index contributed by atoms with van der Waals surface area (Å²) in [6, 6.07) is 9.79. The fourth-order valence-electron chi connectivity index (χ4n) is 2.71. The molecule has 132 valence electrons. The van der Waals surface area contributed by atoms with Crippen LogP contribution in [0.1, 0.15) is 5.56 Å².